The van der Waals surface area contributed by atoms with Gasteiger partial charge in [0, 0.05) is 26.1 Å². The van der Waals surface area contributed by atoms with Crippen LogP contribution in [0, 0.1) is 5.82 Å². The average molecular weight is 394 g/mol. The normalized spacial score (nSPS) is 11.0. The molecular weight excluding hydrogens is 376 g/mol. The van der Waals surface area contributed by atoms with Crippen molar-refractivity contribution in [1.82, 2.24) is 14.8 Å². The maximum atomic E-state index is 13.7. The monoisotopic (exact) mass is 394 g/mol. The van der Waals surface area contributed by atoms with Gasteiger partial charge >= 0.3 is 6.18 Å². The van der Waals surface area contributed by atoms with Crippen LogP contribution in [0.1, 0.15) is 23.9 Å². The molecule has 1 heterocycles. The van der Waals surface area contributed by atoms with Crippen molar-refractivity contribution in [3.63, 3.8) is 0 Å². The first kappa shape index (κ1) is 21.9. The molecule has 0 aliphatic rings. The molecule has 0 fully saturated rings. The zero-order valence-corrected chi connectivity index (χ0v) is 14.9. The average Bonchev–Trinajstić information content (AvgIpc) is 2.86. The first-order chi connectivity index (χ1) is 12.1. The van der Waals surface area contributed by atoms with E-state index in [1.54, 1.807) is 11.6 Å². The van der Waals surface area contributed by atoms with E-state index in [1.165, 1.54) is 11.8 Å². The summed E-state index contributed by atoms with van der Waals surface area (Å²) in [5.74, 6) is -0.844. The second-order valence-corrected chi connectivity index (χ2v) is 6.05. The van der Waals surface area contributed by atoms with Gasteiger partial charge in [-0.2, -0.15) is 13.2 Å². The summed E-state index contributed by atoms with van der Waals surface area (Å²) in [7, 11) is 1.76. The SMILES string of the molecule is CC(=O)O.Cn1c(CCN)nnc1SCc1ccc(C(F)(F)F)cc1F. The molecule has 26 heavy (non-hydrogen) atoms. The van der Waals surface area contributed by atoms with E-state index in [2.05, 4.69) is 10.2 Å². The summed E-state index contributed by atoms with van der Waals surface area (Å²) < 4.78 is 52.9. The molecule has 0 spiro atoms. The molecule has 3 N–H and O–H groups in total. The molecule has 2 aromatic rings. The summed E-state index contributed by atoms with van der Waals surface area (Å²) in [4.78, 5) is 9.00. The second-order valence-electron chi connectivity index (χ2n) is 5.11. The maximum Gasteiger partial charge on any atom is 0.416 e. The molecule has 1 aromatic carbocycles. The molecule has 6 nitrogen and oxygen atoms in total. The van der Waals surface area contributed by atoms with Crippen molar-refractivity contribution in [2.24, 2.45) is 12.8 Å². The van der Waals surface area contributed by atoms with Crippen LogP contribution in [0.5, 0.6) is 0 Å². The highest BCUT2D eigenvalue weighted by molar-refractivity contribution is 7.98. The fourth-order valence-electron chi connectivity index (χ4n) is 1.80. The Labute approximate surface area is 151 Å². The quantitative estimate of drug-likeness (QED) is 0.598. The van der Waals surface area contributed by atoms with E-state index in [-0.39, 0.29) is 11.3 Å². The van der Waals surface area contributed by atoms with Crippen molar-refractivity contribution in [3.05, 3.63) is 41.0 Å². The topological polar surface area (TPSA) is 94.0 Å². The summed E-state index contributed by atoms with van der Waals surface area (Å²) >= 11 is 1.20. The van der Waals surface area contributed by atoms with Crippen molar-refractivity contribution < 1.29 is 27.5 Å². The van der Waals surface area contributed by atoms with Crippen LogP contribution in [-0.4, -0.2) is 32.4 Å². The van der Waals surface area contributed by atoms with Gasteiger partial charge in [-0.1, -0.05) is 17.8 Å². The van der Waals surface area contributed by atoms with Gasteiger partial charge in [-0.05, 0) is 24.2 Å². The lowest BCUT2D eigenvalue weighted by molar-refractivity contribution is -0.138. The van der Waals surface area contributed by atoms with E-state index in [1.807, 2.05) is 0 Å². The van der Waals surface area contributed by atoms with E-state index in [0.29, 0.717) is 30.0 Å². The zero-order valence-electron chi connectivity index (χ0n) is 14.0. The molecule has 11 heteroatoms. The van der Waals surface area contributed by atoms with E-state index in [9.17, 15) is 17.6 Å². The van der Waals surface area contributed by atoms with Crippen molar-refractivity contribution in [2.75, 3.05) is 6.54 Å². The predicted octanol–water partition coefficient (Wildman–Crippen LogP) is 2.86. The van der Waals surface area contributed by atoms with E-state index < -0.39 is 23.5 Å². The van der Waals surface area contributed by atoms with Gasteiger partial charge in [-0.15, -0.1) is 10.2 Å². The standard InChI is InChI=1S/C13H14F4N4S.C2H4O2/c1-21-11(4-5-18)19-20-12(21)22-7-8-2-3-9(6-10(8)14)13(15,16)17;1-2(3)4/h2-3,6H,4-5,7,18H2,1H3;1H3,(H,3,4). The van der Waals surface area contributed by atoms with E-state index >= 15 is 0 Å². The molecule has 144 valence electrons. The van der Waals surface area contributed by atoms with Crippen molar-refractivity contribution in [1.29, 1.82) is 0 Å². The molecule has 0 saturated heterocycles. The molecule has 0 aliphatic carbocycles. The van der Waals surface area contributed by atoms with Crippen LogP contribution in [0.25, 0.3) is 0 Å². The van der Waals surface area contributed by atoms with Gasteiger partial charge in [-0.25, -0.2) is 4.39 Å². The summed E-state index contributed by atoms with van der Waals surface area (Å²) in [5, 5.41) is 15.9. The third-order valence-electron chi connectivity index (χ3n) is 3.03. The number of nitrogens with two attached hydrogens (primary N) is 1. The number of alkyl halides is 3. The highest BCUT2D eigenvalue weighted by Crippen LogP contribution is 2.31. The third kappa shape index (κ3) is 6.64. The highest BCUT2D eigenvalue weighted by atomic mass is 32.2. The molecule has 0 radical (unpaired) electrons. The van der Waals surface area contributed by atoms with Crippen LogP contribution in [0.15, 0.2) is 23.4 Å². The first-order valence-corrected chi connectivity index (χ1v) is 8.31. The summed E-state index contributed by atoms with van der Waals surface area (Å²) in [6.07, 6.45) is -3.98. The van der Waals surface area contributed by atoms with E-state index in [0.717, 1.165) is 19.1 Å². The fourth-order valence-corrected chi connectivity index (χ4v) is 2.72. The molecule has 2 rings (SSSR count). The van der Waals surface area contributed by atoms with Gasteiger partial charge in [0.2, 0.25) is 0 Å². The molecular formula is C15H18F4N4O2S. The molecule has 0 unspecified atom stereocenters. The van der Waals surface area contributed by atoms with Crippen LogP contribution in [-0.2, 0) is 30.2 Å². The number of thioether (sulfide) groups is 1. The Morgan fingerprint density at radius 2 is 1.96 bits per heavy atom. The van der Waals surface area contributed by atoms with Crippen molar-refractivity contribution >= 4 is 17.7 Å². The van der Waals surface area contributed by atoms with Gasteiger partial charge in [0.15, 0.2) is 5.16 Å². The number of aliphatic carboxylic acids is 1. The zero-order chi connectivity index (χ0) is 19.9. The number of hydrogen-bond donors (Lipinski definition) is 2. The van der Waals surface area contributed by atoms with Gasteiger partial charge < -0.3 is 15.4 Å². The Morgan fingerprint density at radius 3 is 2.46 bits per heavy atom. The van der Waals surface area contributed by atoms with Gasteiger partial charge in [0.1, 0.15) is 11.6 Å². The van der Waals surface area contributed by atoms with Crippen molar-refractivity contribution in [3.8, 4) is 0 Å². The number of benzene rings is 1. The Balaban J connectivity index is 0.000000765. The molecule has 1 aromatic heterocycles. The number of nitrogens with zero attached hydrogens (tertiary/aromatic N) is 3. The lowest BCUT2D eigenvalue weighted by atomic mass is 10.1. The van der Waals surface area contributed by atoms with E-state index in [4.69, 9.17) is 15.6 Å². The molecule has 0 bridgehead atoms. The minimum absolute atomic E-state index is 0.165. The molecule has 0 aliphatic heterocycles. The number of halogens is 4. The van der Waals surface area contributed by atoms with Crippen LogP contribution in [0.2, 0.25) is 0 Å². The molecule has 0 atom stereocenters. The number of carboxylic acid groups (broad SMARTS) is 1. The van der Waals surface area contributed by atoms with Gasteiger partial charge in [0.05, 0.1) is 5.56 Å². The highest BCUT2D eigenvalue weighted by Gasteiger charge is 2.31. The van der Waals surface area contributed by atoms with Crippen LogP contribution in [0.3, 0.4) is 0 Å². The Hall–Kier alpha value is -2.14. The first-order valence-electron chi connectivity index (χ1n) is 7.32. The Morgan fingerprint density at radius 1 is 1.35 bits per heavy atom. The fraction of sp³-hybridized carbons (Fsp3) is 0.400. The summed E-state index contributed by atoms with van der Waals surface area (Å²) in [6.45, 7) is 1.52. The van der Waals surface area contributed by atoms with Crippen LogP contribution >= 0.6 is 11.8 Å². The summed E-state index contributed by atoms with van der Waals surface area (Å²) in [5.41, 5.74) is 4.63. The molecule has 0 saturated carbocycles. The minimum Gasteiger partial charge on any atom is -0.481 e. The van der Waals surface area contributed by atoms with Crippen molar-refractivity contribution in [2.45, 2.75) is 30.4 Å². The number of carbonyl (C=O) groups is 1. The lowest BCUT2D eigenvalue weighted by Crippen LogP contribution is -2.08. The second kappa shape index (κ2) is 9.53. The van der Waals surface area contributed by atoms with Crippen LogP contribution in [0.4, 0.5) is 17.6 Å². The van der Waals surface area contributed by atoms with Gasteiger partial charge in [-0.3, -0.25) is 4.79 Å². The smallest absolute Gasteiger partial charge is 0.416 e. The van der Waals surface area contributed by atoms with Gasteiger partial charge in [0.25, 0.3) is 5.97 Å². The number of carboxylic acids is 1. The summed E-state index contributed by atoms with van der Waals surface area (Å²) in [6, 6.07) is 2.52. The number of aromatic nitrogens is 3. The predicted molar refractivity (Wildman–Crippen MR) is 88.0 cm³/mol. The molecule has 0 amide bonds. The van der Waals surface area contributed by atoms with Crippen LogP contribution < -0.4 is 5.73 Å². The number of hydrogen-bond acceptors (Lipinski definition) is 5. The Bertz CT molecular complexity index is 746. The maximum absolute atomic E-state index is 13.7. The minimum atomic E-state index is -4.55. The largest absolute Gasteiger partial charge is 0.481 e. The lowest BCUT2D eigenvalue weighted by Gasteiger charge is -2.09. The number of rotatable bonds is 5. The Kier molecular flexibility index (Phi) is 8.03. The third-order valence-corrected chi connectivity index (χ3v) is 4.10.